The van der Waals surface area contributed by atoms with Crippen LogP contribution in [0.1, 0.15) is 11.1 Å². The molecular formula is C14H11NO4. The van der Waals surface area contributed by atoms with E-state index in [4.69, 9.17) is 0 Å². The first-order valence-electron chi connectivity index (χ1n) is 5.87. The van der Waals surface area contributed by atoms with Crippen LogP contribution in [-0.4, -0.2) is 15.1 Å². The number of phenols is 2. The minimum atomic E-state index is -0.450. The number of fused-ring (bicyclic) bond motifs is 2. The number of phenolic OH excluding ortho intramolecular Hbond substituents is 2. The normalized spacial score (nSPS) is 14.0. The highest BCUT2D eigenvalue weighted by Gasteiger charge is 2.26. The Morgan fingerprint density at radius 3 is 2.21 bits per heavy atom. The number of nitro groups is 1. The third kappa shape index (κ3) is 1.62. The third-order valence-electron chi connectivity index (χ3n) is 3.51. The SMILES string of the molecule is O=[N+]([O-])C1=CCc2c(c(O)c3ccccc3c2O)C1. The molecule has 96 valence electrons. The fourth-order valence-corrected chi connectivity index (χ4v) is 2.53. The van der Waals surface area contributed by atoms with Gasteiger partial charge in [-0.1, -0.05) is 24.3 Å². The third-order valence-corrected chi connectivity index (χ3v) is 3.51. The molecule has 0 fully saturated rings. The van der Waals surface area contributed by atoms with Crippen LogP contribution in [0.15, 0.2) is 36.0 Å². The molecule has 2 aromatic carbocycles. The number of hydrogen-bond acceptors (Lipinski definition) is 4. The molecule has 0 saturated carbocycles. The summed E-state index contributed by atoms with van der Waals surface area (Å²) in [5.41, 5.74) is 1.07. The van der Waals surface area contributed by atoms with Gasteiger partial charge in [-0.2, -0.15) is 0 Å². The van der Waals surface area contributed by atoms with Crippen molar-refractivity contribution in [3.63, 3.8) is 0 Å². The van der Waals surface area contributed by atoms with Crippen molar-refractivity contribution >= 4 is 10.8 Å². The van der Waals surface area contributed by atoms with Crippen molar-refractivity contribution in [2.24, 2.45) is 0 Å². The first kappa shape index (κ1) is 11.5. The molecule has 0 heterocycles. The molecule has 5 heteroatoms. The van der Waals surface area contributed by atoms with Crippen LogP contribution in [0.3, 0.4) is 0 Å². The topological polar surface area (TPSA) is 83.6 Å². The highest BCUT2D eigenvalue weighted by Crippen LogP contribution is 2.42. The summed E-state index contributed by atoms with van der Waals surface area (Å²) in [6.07, 6.45) is 1.78. The molecule has 19 heavy (non-hydrogen) atoms. The molecule has 0 atom stereocenters. The molecule has 2 N–H and O–H groups in total. The number of rotatable bonds is 1. The van der Waals surface area contributed by atoms with Crippen LogP contribution < -0.4 is 0 Å². The minimum absolute atomic E-state index is 0.0239. The van der Waals surface area contributed by atoms with Crippen LogP contribution in [0.25, 0.3) is 10.8 Å². The van der Waals surface area contributed by atoms with Gasteiger partial charge in [-0.25, -0.2) is 0 Å². The molecule has 0 saturated heterocycles. The summed E-state index contributed by atoms with van der Waals surface area (Å²) in [5, 5.41) is 32.4. The van der Waals surface area contributed by atoms with Crippen molar-refractivity contribution in [1.29, 1.82) is 0 Å². The lowest BCUT2D eigenvalue weighted by Gasteiger charge is -2.18. The van der Waals surface area contributed by atoms with Gasteiger partial charge in [-0.3, -0.25) is 10.1 Å². The number of allylic oxidation sites excluding steroid dienone is 2. The fraction of sp³-hybridized carbons (Fsp3) is 0.143. The Hall–Kier alpha value is -2.56. The van der Waals surface area contributed by atoms with E-state index in [0.29, 0.717) is 21.9 Å². The predicted octanol–water partition coefficient (Wildman–Crippen LogP) is 2.51. The van der Waals surface area contributed by atoms with E-state index >= 15 is 0 Å². The van der Waals surface area contributed by atoms with Crippen molar-refractivity contribution in [1.82, 2.24) is 0 Å². The summed E-state index contributed by atoms with van der Waals surface area (Å²) in [5.74, 6) is 0.123. The average molecular weight is 257 g/mol. The van der Waals surface area contributed by atoms with E-state index in [1.807, 2.05) is 0 Å². The number of aromatic hydroxyl groups is 2. The van der Waals surface area contributed by atoms with Gasteiger partial charge in [0.2, 0.25) is 5.70 Å². The van der Waals surface area contributed by atoms with Gasteiger partial charge in [-0.15, -0.1) is 0 Å². The molecule has 0 spiro atoms. The van der Waals surface area contributed by atoms with Crippen molar-refractivity contribution in [3.8, 4) is 11.5 Å². The van der Waals surface area contributed by atoms with Crippen LogP contribution in [0.5, 0.6) is 11.5 Å². The van der Waals surface area contributed by atoms with Crippen LogP contribution in [0.4, 0.5) is 0 Å². The monoisotopic (exact) mass is 257 g/mol. The van der Waals surface area contributed by atoms with Crippen LogP contribution >= 0.6 is 0 Å². The molecule has 2 aromatic rings. The van der Waals surface area contributed by atoms with E-state index in [9.17, 15) is 20.3 Å². The summed E-state index contributed by atoms with van der Waals surface area (Å²) in [7, 11) is 0. The van der Waals surface area contributed by atoms with E-state index in [0.717, 1.165) is 0 Å². The summed E-state index contributed by atoms with van der Waals surface area (Å²) < 4.78 is 0. The first-order chi connectivity index (χ1) is 9.09. The van der Waals surface area contributed by atoms with Crippen LogP contribution in [-0.2, 0) is 12.8 Å². The minimum Gasteiger partial charge on any atom is -0.507 e. The van der Waals surface area contributed by atoms with E-state index in [1.165, 1.54) is 6.08 Å². The Morgan fingerprint density at radius 1 is 1.05 bits per heavy atom. The highest BCUT2D eigenvalue weighted by atomic mass is 16.6. The second kappa shape index (κ2) is 3.98. The maximum absolute atomic E-state index is 10.8. The van der Waals surface area contributed by atoms with Gasteiger partial charge in [0.1, 0.15) is 11.5 Å². The Labute approximate surface area is 108 Å². The zero-order valence-corrected chi connectivity index (χ0v) is 9.96. The van der Waals surface area contributed by atoms with Crippen LogP contribution in [0.2, 0.25) is 0 Å². The van der Waals surface area contributed by atoms with E-state index in [2.05, 4.69) is 0 Å². The van der Waals surface area contributed by atoms with Gasteiger partial charge in [0, 0.05) is 28.3 Å². The summed E-state index contributed by atoms with van der Waals surface area (Å²) in [6, 6.07) is 6.93. The smallest absolute Gasteiger partial charge is 0.247 e. The molecule has 0 unspecified atom stereocenters. The van der Waals surface area contributed by atoms with Crippen molar-refractivity contribution < 1.29 is 15.1 Å². The summed E-state index contributed by atoms with van der Waals surface area (Å²) in [6.45, 7) is 0. The lowest BCUT2D eigenvalue weighted by Crippen LogP contribution is -2.10. The van der Waals surface area contributed by atoms with Gasteiger partial charge < -0.3 is 10.2 Å². The van der Waals surface area contributed by atoms with E-state index in [-0.39, 0.29) is 30.0 Å². The Bertz CT molecular complexity index is 734. The lowest BCUT2D eigenvalue weighted by molar-refractivity contribution is -0.427. The Morgan fingerprint density at radius 2 is 1.63 bits per heavy atom. The van der Waals surface area contributed by atoms with Gasteiger partial charge in [0.15, 0.2) is 0 Å². The maximum atomic E-state index is 10.8. The molecule has 0 bridgehead atoms. The first-order valence-corrected chi connectivity index (χ1v) is 5.87. The van der Waals surface area contributed by atoms with Crippen molar-refractivity contribution in [3.05, 3.63) is 57.3 Å². The summed E-state index contributed by atoms with van der Waals surface area (Å²) >= 11 is 0. The zero-order chi connectivity index (χ0) is 13.6. The Kier molecular flexibility index (Phi) is 2.41. The number of nitrogens with zero attached hydrogens (tertiary/aromatic N) is 1. The molecule has 1 aliphatic carbocycles. The maximum Gasteiger partial charge on any atom is 0.247 e. The molecule has 0 amide bonds. The van der Waals surface area contributed by atoms with Gasteiger partial charge in [0.25, 0.3) is 0 Å². The molecular weight excluding hydrogens is 246 g/mol. The van der Waals surface area contributed by atoms with E-state index < -0.39 is 4.92 Å². The number of benzene rings is 2. The average Bonchev–Trinajstić information content (AvgIpc) is 2.44. The number of hydrogen-bond donors (Lipinski definition) is 2. The second-order valence-electron chi connectivity index (χ2n) is 4.53. The molecule has 3 rings (SSSR count). The zero-order valence-electron chi connectivity index (χ0n) is 9.96. The van der Waals surface area contributed by atoms with Crippen molar-refractivity contribution in [2.45, 2.75) is 12.8 Å². The quantitative estimate of drug-likeness (QED) is 0.467. The van der Waals surface area contributed by atoms with Crippen molar-refractivity contribution in [2.75, 3.05) is 0 Å². The fourth-order valence-electron chi connectivity index (χ4n) is 2.53. The molecule has 0 radical (unpaired) electrons. The second-order valence-corrected chi connectivity index (χ2v) is 4.53. The largest absolute Gasteiger partial charge is 0.507 e. The highest BCUT2D eigenvalue weighted by molar-refractivity contribution is 5.95. The Balaban J connectivity index is 2.29. The van der Waals surface area contributed by atoms with Gasteiger partial charge >= 0.3 is 0 Å². The standard InChI is InChI=1S/C14H11NO4/c16-13-9-3-1-2-4-10(9)14(17)12-7-8(15(18)19)5-6-11(12)13/h1-5,16-17H,6-7H2. The van der Waals surface area contributed by atoms with Gasteiger partial charge in [-0.05, 0) is 6.08 Å². The molecule has 0 aromatic heterocycles. The molecule has 0 aliphatic heterocycles. The molecule has 1 aliphatic rings. The lowest BCUT2D eigenvalue weighted by atomic mass is 9.89. The summed E-state index contributed by atoms with van der Waals surface area (Å²) in [4.78, 5) is 10.4. The molecule has 5 nitrogen and oxygen atoms in total. The predicted molar refractivity (Wildman–Crippen MR) is 69.8 cm³/mol. The van der Waals surface area contributed by atoms with Crippen LogP contribution in [0, 0.1) is 10.1 Å². The van der Waals surface area contributed by atoms with E-state index in [1.54, 1.807) is 24.3 Å². The van der Waals surface area contributed by atoms with Gasteiger partial charge in [0.05, 0.1) is 11.3 Å².